The number of anilines is 1. The second-order valence-electron chi connectivity index (χ2n) is 7.33. The number of imidazole rings is 1. The van der Waals surface area contributed by atoms with Gasteiger partial charge in [-0.1, -0.05) is 19.1 Å². The molecule has 0 aliphatic carbocycles. The number of aryl methyl sites for hydroxylation is 3. The van der Waals surface area contributed by atoms with Crippen LogP contribution in [0.15, 0.2) is 62.5 Å². The van der Waals surface area contributed by atoms with Crippen LogP contribution in [-0.4, -0.2) is 15.0 Å². The molecular weight excluding hydrogens is 382 g/mol. The van der Waals surface area contributed by atoms with Crippen LogP contribution in [0.4, 0.5) is 5.69 Å². The zero-order chi connectivity index (χ0) is 21.3. The summed E-state index contributed by atoms with van der Waals surface area (Å²) in [5.74, 6) is -0.219. The van der Waals surface area contributed by atoms with E-state index in [0.717, 1.165) is 28.4 Å². The molecule has 1 amide bonds. The van der Waals surface area contributed by atoms with E-state index in [-0.39, 0.29) is 24.6 Å². The zero-order valence-electron chi connectivity index (χ0n) is 17.0. The summed E-state index contributed by atoms with van der Waals surface area (Å²) in [6.07, 6.45) is 1.00. The predicted octanol–water partition coefficient (Wildman–Crippen LogP) is 3.66. The van der Waals surface area contributed by atoms with Gasteiger partial charge < -0.3 is 9.73 Å². The highest BCUT2D eigenvalue weighted by Crippen LogP contribution is 2.21. The summed E-state index contributed by atoms with van der Waals surface area (Å²) in [5, 5.41) is 3.64. The summed E-state index contributed by atoms with van der Waals surface area (Å²) in [6, 6.07) is 14.3. The fourth-order valence-corrected chi connectivity index (χ4v) is 3.77. The Kier molecular flexibility index (Phi) is 5.27. The molecule has 0 bridgehead atoms. The molecule has 7 nitrogen and oxygen atoms in total. The summed E-state index contributed by atoms with van der Waals surface area (Å²) >= 11 is 0. The molecule has 0 fully saturated rings. The number of hydrogen-bond donors (Lipinski definition) is 1. The first kappa shape index (κ1) is 19.7. The van der Waals surface area contributed by atoms with Gasteiger partial charge in [0.05, 0.1) is 11.0 Å². The topological polar surface area (TPSA) is 86.2 Å². The standard InChI is InChI=1S/C23H23N3O4/c1-3-11-25-18-6-4-5-7-19(18)26(23(25)29)12-10-21(27)24-16-8-9-17-15(2)13-22(28)30-20(17)14-16/h4-9,13-14H,3,10-12H2,1-2H3,(H,24,27). The van der Waals surface area contributed by atoms with Crippen LogP contribution in [0.5, 0.6) is 0 Å². The molecule has 0 radical (unpaired) electrons. The van der Waals surface area contributed by atoms with Gasteiger partial charge in [0.2, 0.25) is 5.91 Å². The quantitative estimate of drug-likeness (QED) is 0.496. The normalized spacial score (nSPS) is 11.3. The maximum Gasteiger partial charge on any atom is 0.336 e. The Labute approximate surface area is 172 Å². The van der Waals surface area contributed by atoms with Crippen LogP contribution < -0.4 is 16.6 Å². The van der Waals surface area contributed by atoms with Gasteiger partial charge in [-0.2, -0.15) is 0 Å². The van der Waals surface area contributed by atoms with Crippen molar-refractivity contribution in [2.75, 3.05) is 5.32 Å². The van der Waals surface area contributed by atoms with E-state index in [9.17, 15) is 14.4 Å². The van der Waals surface area contributed by atoms with Gasteiger partial charge in [0, 0.05) is 42.7 Å². The van der Waals surface area contributed by atoms with E-state index < -0.39 is 5.63 Å². The molecular formula is C23H23N3O4. The molecule has 0 spiro atoms. The molecule has 4 aromatic rings. The lowest BCUT2D eigenvalue weighted by Gasteiger charge is -2.08. The lowest BCUT2D eigenvalue weighted by Crippen LogP contribution is -2.26. The van der Waals surface area contributed by atoms with E-state index >= 15 is 0 Å². The number of carbonyl (C=O) groups is 1. The van der Waals surface area contributed by atoms with Crippen molar-refractivity contribution in [1.82, 2.24) is 9.13 Å². The summed E-state index contributed by atoms with van der Waals surface area (Å²) in [7, 11) is 0. The Balaban J connectivity index is 1.53. The van der Waals surface area contributed by atoms with Crippen molar-refractivity contribution in [3.63, 3.8) is 0 Å². The highest BCUT2D eigenvalue weighted by Gasteiger charge is 2.13. The number of fused-ring (bicyclic) bond motifs is 2. The van der Waals surface area contributed by atoms with E-state index in [1.807, 2.05) is 44.2 Å². The van der Waals surface area contributed by atoms with Crippen LogP contribution in [0.1, 0.15) is 25.3 Å². The lowest BCUT2D eigenvalue weighted by molar-refractivity contribution is -0.116. The second kappa shape index (κ2) is 8.02. The first-order valence-corrected chi connectivity index (χ1v) is 10.0. The highest BCUT2D eigenvalue weighted by molar-refractivity contribution is 5.93. The number of rotatable bonds is 6. The lowest BCUT2D eigenvalue weighted by atomic mass is 10.1. The number of carbonyl (C=O) groups excluding carboxylic acids is 1. The summed E-state index contributed by atoms with van der Waals surface area (Å²) in [5.41, 5.74) is 2.97. The third-order valence-corrected chi connectivity index (χ3v) is 5.17. The molecule has 0 aliphatic heterocycles. The van der Waals surface area contributed by atoms with Crippen LogP contribution in [0.25, 0.3) is 22.0 Å². The first-order valence-electron chi connectivity index (χ1n) is 10.0. The molecule has 154 valence electrons. The van der Waals surface area contributed by atoms with Crippen LogP contribution in [-0.2, 0) is 17.9 Å². The van der Waals surface area contributed by atoms with E-state index in [1.54, 1.807) is 21.3 Å². The molecule has 0 saturated heterocycles. The number of benzene rings is 2. The van der Waals surface area contributed by atoms with Gasteiger partial charge in [-0.05, 0) is 43.2 Å². The Morgan fingerprint density at radius 1 is 1.00 bits per heavy atom. The van der Waals surface area contributed by atoms with E-state index in [4.69, 9.17) is 4.42 Å². The summed E-state index contributed by atoms with van der Waals surface area (Å²) in [4.78, 5) is 36.9. The van der Waals surface area contributed by atoms with Crippen molar-refractivity contribution in [3.8, 4) is 0 Å². The third kappa shape index (κ3) is 3.66. The van der Waals surface area contributed by atoms with Crippen molar-refractivity contribution < 1.29 is 9.21 Å². The van der Waals surface area contributed by atoms with Crippen molar-refractivity contribution in [1.29, 1.82) is 0 Å². The summed E-state index contributed by atoms with van der Waals surface area (Å²) < 4.78 is 8.63. The Hall–Kier alpha value is -3.61. The van der Waals surface area contributed by atoms with Gasteiger partial charge in [-0.25, -0.2) is 9.59 Å². The molecule has 0 saturated carbocycles. The smallest absolute Gasteiger partial charge is 0.336 e. The van der Waals surface area contributed by atoms with Gasteiger partial charge in [-0.15, -0.1) is 0 Å². The SMILES string of the molecule is CCCn1c(=O)n(CCC(=O)Nc2ccc3c(C)cc(=O)oc3c2)c2ccccc21. The van der Waals surface area contributed by atoms with Crippen LogP contribution in [0, 0.1) is 6.92 Å². The van der Waals surface area contributed by atoms with Crippen LogP contribution in [0.2, 0.25) is 0 Å². The molecule has 2 aromatic heterocycles. The van der Waals surface area contributed by atoms with Gasteiger partial charge >= 0.3 is 11.3 Å². The number of aromatic nitrogens is 2. The maximum absolute atomic E-state index is 12.8. The molecule has 2 heterocycles. The van der Waals surface area contributed by atoms with E-state index in [0.29, 0.717) is 17.8 Å². The number of nitrogens with one attached hydrogen (secondary N) is 1. The van der Waals surface area contributed by atoms with Crippen LogP contribution >= 0.6 is 0 Å². The Bertz CT molecular complexity index is 1360. The second-order valence-corrected chi connectivity index (χ2v) is 7.33. The maximum atomic E-state index is 12.8. The van der Waals surface area contributed by atoms with Crippen molar-refractivity contribution in [2.45, 2.75) is 39.8 Å². The number of nitrogens with zero attached hydrogens (tertiary/aromatic N) is 2. The average Bonchev–Trinajstić information content (AvgIpc) is 2.98. The van der Waals surface area contributed by atoms with E-state index in [1.165, 1.54) is 6.07 Å². The third-order valence-electron chi connectivity index (χ3n) is 5.17. The molecule has 1 N–H and O–H groups in total. The Morgan fingerprint density at radius 2 is 1.70 bits per heavy atom. The fraction of sp³-hybridized carbons (Fsp3) is 0.261. The van der Waals surface area contributed by atoms with Gasteiger partial charge in [0.15, 0.2) is 0 Å². The molecule has 30 heavy (non-hydrogen) atoms. The monoisotopic (exact) mass is 405 g/mol. The van der Waals surface area contributed by atoms with Gasteiger partial charge in [-0.3, -0.25) is 13.9 Å². The van der Waals surface area contributed by atoms with Crippen molar-refractivity contribution >= 4 is 33.6 Å². The average molecular weight is 405 g/mol. The largest absolute Gasteiger partial charge is 0.423 e. The predicted molar refractivity (Wildman–Crippen MR) is 117 cm³/mol. The van der Waals surface area contributed by atoms with Crippen molar-refractivity contribution in [3.05, 3.63) is 75.0 Å². The molecule has 0 aliphatic rings. The minimum absolute atomic E-state index is 0.103. The minimum atomic E-state index is -0.425. The van der Waals surface area contributed by atoms with Crippen LogP contribution in [0.3, 0.4) is 0 Å². The zero-order valence-corrected chi connectivity index (χ0v) is 17.0. The number of para-hydroxylation sites is 2. The van der Waals surface area contributed by atoms with Gasteiger partial charge in [0.1, 0.15) is 5.58 Å². The molecule has 0 atom stereocenters. The molecule has 0 unspecified atom stereocenters. The molecule has 7 heteroatoms. The minimum Gasteiger partial charge on any atom is -0.423 e. The van der Waals surface area contributed by atoms with Crippen molar-refractivity contribution in [2.24, 2.45) is 0 Å². The highest BCUT2D eigenvalue weighted by atomic mass is 16.4. The Morgan fingerprint density at radius 3 is 2.40 bits per heavy atom. The molecule has 2 aromatic carbocycles. The molecule has 4 rings (SSSR count). The number of amides is 1. The van der Waals surface area contributed by atoms with Gasteiger partial charge in [0.25, 0.3) is 0 Å². The fourth-order valence-electron chi connectivity index (χ4n) is 3.77. The number of hydrogen-bond acceptors (Lipinski definition) is 4. The first-order chi connectivity index (χ1) is 14.5. The summed E-state index contributed by atoms with van der Waals surface area (Å²) in [6.45, 7) is 4.79. The van der Waals surface area contributed by atoms with E-state index in [2.05, 4.69) is 5.32 Å².